The van der Waals surface area contributed by atoms with E-state index >= 15 is 0 Å². The average Bonchev–Trinajstić information content (AvgIpc) is 2.96. The van der Waals surface area contributed by atoms with Gasteiger partial charge in [0.05, 0.1) is 22.9 Å². The van der Waals surface area contributed by atoms with Gasteiger partial charge in [0.25, 0.3) is 11.6 Å². The third-order valence-electron chi connectivity index (χ3n) is 2.98. The number of benzene rings is 1. The number of hydrogen-bond acceptors (Lipinski definition) is 5. The van der Waals surface area contributed by atoms with Gasteiger partial charge in [-0.2, -0.15) is 9.89 Å². The molecular formula is C13H15N5O3. The van der Waals surface area contributed by atoms with Gasteiger partial charge in [-0.15, -0.1) is 0 Å². The van der Waals surface area contributed by atoms with E-state index in [4.69, 9.17) is 0 Å². The Morgan fingerprint density at radius 1 is 1.24 bits per heavy atom. The van der Waals surface area contributed by atoms with Crippen LogP contribution in [0.25, 0.3) is 0 Å². The third kappa shape index (κ3) is 2.99. The number of non-ortho nitro benzene ring substituents is 1. The largest absolute Gasteiger partial charge is 0.311 e. The molecule has 0 bridgehead atoms. The summed E-state index contributed by atoms with van der Waals surface area (Å²) in [4.78, 5) is 25.4. The van der Waals surface area contributed by atoms with Crippen LogP contribution in [0.5, 0.6) is 0 Å². The molecule has 21 heavy (non-hydrogen) atoms. The first kappa shape index (κ1) is 14.5. The predicted octanol–water partition coefficient (Wildman–Crippen LogP) is 1.27. The fourth-order valence-electron chi connectivity index (χ4n) is 1.75. The number of amides is 1. The second-order valence-corrected chi connectivity index (χ2v) is 4.63. The molecule has 8 nitrogen and oxygen atoms in total. The third-order valence-corrected chi connectivity index (χ3v) is 2.98. The average molecular weight is 289 g/mol. The second-order valence-electron chi connectivity index (χ2n) is 4.63. The highest BCUT2D eigenvalue weighted by molar-refractivity contribution is 6.05. The first-order valence-corrected chi connectivity index (χ1v) is 6.15. The molecule has 1 amide bonds. The number of aromatic nitrogens is 2. The highest BCUT2D eigenvalue weighted by Gasteiger charge is 2.16. The first-order valence-electron chi connectivity index (χ1n) is 6.15. The lowest BCUT2D eigenvalue weighted by Gasteiger charge is -2.16. The van der Waals surface area contributed by atoms with Crippen molar-refractivity contribution < 1.29 is 9.72 Å². The molecule has 0 unspecified atom stereocenters. The van der Waals surface area contributed by atoms with Crippen LogP contribution in [0.3, 0.4) is 0 Å². The van der Waals surface area contributed by atoms with Crippen molar-refractivity contribution in [2.75, 3.05) is 31.1 Å². The van der Waals surface area contributed by atoms with E-state index in [9.17, 15) is 14.9 Å². The van der Waals surface area contributed by atoms with E-state index in [1.165, 1.54) is 40.2 Å². The predicted molar refractivity (Wildman–Crippen MR) is 78.1 cm³/mol. The summed E-state index contributed by atoms with van der Waals surface area (Å²) in [5.41, 5.74) is 0.993. The van der Waals surface area contributed by atoms with Gasteiger partial charge < -0.3 is 9.91 Å². The molecule has 0 radical (unpaired) electrons. The van der Waals surface area contributed by atoms with Gasteiger partial charge in [-0.1, -0.05) is 0 Å². The van der Waals surface area contributed by atoms with Gasteiger partial charge in [0, 0.05) is 39.0 Å². The van der Waals surface area contributed by atoms with Crippen LogP contribution in [0, 0.1) is 10.1 Å². The number of carbonyl (C=O) groups is 1. The van der Waals surface area contributed by atoms with Crippen molar-refractivity contribution in [3.05, 3.63) is 52.3 Å². The molecule has 0 aliphatic heterocycles. The van der Waals surface area contributed by atoms with Crippen LogP contribution >= 0.6 is 0 Å². The van der Waals surface area contributed by atoms with E-state index in [2.05, 4.69) is 5.10 Å². The summed E-state index contributed by atoms with van der Waals surface area (Å²) >= 11 is 0. The Morgan fingerprint density at radius 3 is 2.33 bits per heavy atom. The van der Waals surface area contributed by atoms with Gasteiger partial charge >= 0.3 is 0 Å². The van der Waals surface area contributed by atoms with E-state index in [0.717, 1.165) is 0 Å². The first-order chi connectivity index (χ1) is 9.90. The van der Waals surface area contributed by atoms with Crippen molar-refractivity contribution in [3.8, 4) is 0 Å². The molecule has 1 heterocycles. The Morgan fingerprint density at radius 2 is 1.86 bits per heavy atom. The summed E-state index contributed by atoms with van der Waals surface area (Å²) in [5.74, 6) is -0.239. The second kappa shape index (κ2) is 5.61. The van der Waals surface area contributed by atoms with Crippen LogP contribution < -0.4 is 9.91 Å². The normalized spacial score (nSPS) is 10.2. The maximum atomic E-state index is 12.3. The number of nitro groups is 1. The molecule has 0 N–H and O–H groups in total. The number of nitro benzene ring substituents is 1. The Bertz CT molecular complexity index is 663. The lowest BCUT2D eigenvalue weighted by atomic mass is 10.2. The summed E-state index contributed by atoms with van der Waals surface area (Å²) in [5, 5.41) is 16.4. The molecule has 1 aromatic carbocycles. The fourth-order valence-corrected chi connectivity index (χ4v) is 1.75. The van der Waals surface area contributed by atoms with Gasteiger partial charge in [0.2, 0.25) is 0 Å². The quantitative estimate of drug-likeness (QED) is 0.625. The van der Waals surface area contributed by atoms with Crippen LogP contribution in [0.4, 0.5) is 11.4 Å². The Kier molecular flexibility index (Phi) is 3.88. The standard InChI is InChI=1S/C13H15N5O3/c1-15(2)17-9-10(8-14-17)13(19)16(3)11-4-6-12(7-5-11)18(20)21/h4-9H,1-3H3. The zero-order valence-corrected chi connectivity index (χ0v) is 11.9. The topological polar surface area (TPSA) is 84.5 Å². The Balaban J connectivity index is 2.19. The number of anilines is 1. The molecule has 2 aromatic rings. The molecule has 110 valence electrons. The molecule has 1 aromatic heterocycles. The molecule has 0 saturated carbocycles. The number of rotatable bonds is 4. The number of hydrogen-bond donors (Lipinski definition) is 0. The molecule has 0 atom stereocenters. The molecular weight excluding hydrogens is 274 g/mol. The van der Waals surface area contributed by atoms with Gasteiger partial charge in [-0.3, -0.25) is 14.9 Å². The summed E-state index contributed by atoms with van der Waals surface area (Å²) in [6.07, 6.45) is 3.09. The summed E-state index contributed by atoms with van der Waals surface area (Å²) in [7, 11) is 5.22. The Labute approximate surface area is 121 Å². The molecule has 0 fully saturated rings. The zero-order chi connectivity index (χ0) is 15.6. The Hall–Kier alpha value is -2.90. The molecule has 0 aliphatic carbocycles. The van der Waals surface area contributed by atoms with Gasteiger partial charge in [0.1, 0.15) is 0 Å². The highest BCUT2D eigenvalue weighted by Crippen LogP contribution is 2.19. The van der Waals surface area contributed by atoms with E-state index in [1.807, 2.05) is 0 Å². The number of nitrogens with zero attached hydrogens (tertiary/aromatic N) is 5. The van der Waals surface area contributed by atoms with Crippen molar-refractivity contribution >= 4 is 17.3 Å². The van der Waals surface area contributed by atoms with Gasteiger partial charge in [-0.25, -0.2) is 0 Å². The van der Waals surface area contributed by atoms with E-state index in [1.54, 1.807) is 32.3 Å². The summed E-state index contributed by atoms with van der Waals surface area (Å²) in [6, 6.07) is 5.80. The van der Waals surface area contributed by atoms with Crippen LogP contribution in [0.1, 0.15) is 10.4 Å². The molecule has 8 heteroatoms. The van der Waals surface area contributed by atoms with Crippen LogP contribution in [-0.2, 0) is 0 Å². The van der Waals surface area contributed by atoms with Gasteiger partial charge in [-0.05, 0) is 12.1 Å². The molecule has 2 rings (SSSR count). The van der Waals surface area contributed by atoms with Gasteiger partial charge in [0.15, 0.2) is 0 Å². The van der Waals surface area contributed by atoms with E-state index in [0.29, 0.717) is 11.3 Å². The minimum atomic E-state index is -0.479. The van der Waals surface area contributed by atoms with Crippen molar-refractivity contribution in [3.63, 3.8) is 0 Å². The maximum Gasteiger partial charge on any atom is 0.269 e. The smallest absolute Gasteiger partial charge is 0.269 e. The number of carbonyl (C=O) groups excluding carboxylic acids is 1. The van der Waals surface area contributed by atoms with Crippen molar-refractivity contribution in [2.24, 2.45) is 0 Å². The molecule has 0 saturated heterocycles. The monoisotopic (exact) mass is 289 g/mol. The highest BCUT2D eigenvalue weighted by atomic mass is 16.6. The van der Waals surface area contributed by atoms with E-state index < -0.39 is 4.92 Å². The SMILES string of the molecule is CN(C(=O)c1cnn(N(C)C)c1)c1ccc([N+](=O)[O-])cc1. The summed E-state index contributed by atoms with van der Waals surface area (Å²) in [6.45, 7) is 0. The minimum absolute atomic E-state index is 0.0139. The van der Waals surface area contributed by atoms with Crippen LogP contribution in [0.15, 0.2) is 36.7 Å². The molecule has 0 spiro atoms. The van der Waals surface area contributed by atoms with Crippen LogP contribution in [0.2, 0.25) is 0 Å². The summed E-state index contributed by atoms with van der Waals surface area (Å²) < 4.78 is 0. The van der Waals surface area contributed by atoms with Crippen molar-refractivity contribution in [1.29, 1.82) is 0 Å². The zero-order valence-electron chi connectivity index (χ0n) is 11.9. The van der Waals surface area contributed by atoms with Crippen molar-refractivity contribution in [1.82, 2.24) is 9.89 Å². The minimum Gasteiger partial charge on any atom is -0.311 e. The van der Waals surface area contributed by atoms with Crippen molar-refractivity contribution in [2.45, 2.75) is 0 Å². The lowest BCUT2D eigenvalue weighted by Crippen LogP contribution is -2.27. The van der Waals surface area contributed by atoms with E-state index in [-0.39, 0.29) is 11.6 Å². The maximum absolute atomic E-state index is 12.3. The van der Waals surface area contributed by atoms with Crippen LogP contribution in [-0.4, -0.2) is 41.9 Å². The molecule has 0 aliphatic rings. The lowest BCUT2D eigenvalue weighted by molar-refractivity contribution is -0.384. The fraction of sp³-hybridized carbons (Fsp3) is 0.231.